The number of aliphatic hydroxyl groups excluding tert-OH is 1. The fourth-order valence-corrected chi connectivity index (χ4v) is 3.99. The molecule has 1 fully saturated rings. The zero-order valence-electron chi connectivity index (χ0n) is 19.2. The molecule has 1 amide bonds. The quantitative estimate of drug-likeness (QED) is 0.303. The Labute approximate surface area is 196 Å². The van der Waals surface area contributed by atoms with Crippen LogP contribution >= 0.6 is 0 Å². The molecular formula is C26H35N3O4. The third kappa shape index (κ3) is 8.86. The summed E-state index contributed by atoms with van der Waals surface area (Å²) in [5, 5.41) is 8.96. The first-order valence-corrected chi connectivity index (χ1v) is 11.8. The Morgan fingerprint density at radius 3 is 2.48 bits per heavy atom. The van der Waals surface area contributed by atoms with Gasteiger partial charge in [0.2, 0.25) is 0 Å². The van der Waals surface area contributed by atoms with E-state index in [9.17, 15) is 4.79 Å². The van der Waals surface area contributed by atoms with Crippen molar-refractivity contribution in [1.29, 1.82) is 0 Å². The number of likely N-dealkylation sites (tertiary alicyclic amines) is 1. The molecule has 2 aromatic rings. The molecule has 0 bridgehead atoms. The molecule has 1 aliphatic rings. The minimum absolute atomic E-state index is 0.113. The van der Waals surface area contributed by atoms with Gasteiger partial charge in [0.15, 0.2) is 0 Å². The fourth-order valence-electron chi connectivity index (χ4n) is 3.99. The average molecular weight is 454 g/mol. The first-order valence-electron chi connectivity index (χ1n) is 11.8. The van der Waals surface area contributed by atoms with Crippen LogP contribution in [0.4, 0.5) is 4.79 Å². The van der Waals surface area contributed by atoms with Crippen LogP contribution in [0, 0.1) is 5.92 Å². The lowest BCUT2D eigenvalue weighted by Gasteiger charge is -2.31. The Morgan fingerprint density at radius 1 is 1.06 bits per heavy atom. The second kappa shape index (κ2) is 13.6. The van der Waals surface area contributed by atoms with Gasteiger partial charge in [-0.3, -0.25) is 0 Å². The van der Waals surface area contributed by atoms with Crippen LogP contribution in [-0.4, -0.2) is 54.8 Å². The van der Waals surface area contributed by atoms with Crippen molar-refractivity contribution in [2.45, 2.75) is 38.7 Å². The van der Waals surface area contributed by atoms with E-state index >= 15 is 0 Å². The van der Waals surface area contributed by atoms with E-state index in [2.05, 4.69) is 9.89 Å². The smallest absolute Gasteiger partial charge is 0.435 e. The number of nitrogens with two attached hydrogens (primary N) is 1. The van der Waals surface area contributed by atoms with E-state index in [-0.39, 0.29) is 12.4 Å². The lowest BCUT2D eigenvalue weighted by molar-refractivity contribution is 0.151. The molecule has 0 saturated carbocycles. The Kier molecular flexibility index (Phi) is 10.2. The summed E-state index contributed by atoms with van der Waals surface area (Å²) in [6.45, 7) is 4.42. The van der Waals surface area contributed by atoms with Gasteiger partial charge in [0.25, 0.3) is 0 Å². The van der Waals surface area contributed by atoms with Crippen molar-refractivity contribution >= 4 is 11.9 Å². The van der Waals surface area contributed by atoms with Crippen molar-refractivity contribution in [3.63, 3.8) is 0 Å². The number of nitrogens with zero attached hydrogens (tertiary/aromatic N) is 2. The summed E-state index contributed by atoms with van der Waals surface area (Å²) >= 11 is 0. The zero-order chi connectivity index (χ0) is 23.3. The number of piperidine rings is 1. The van der Waals surface area contributed by atoms with Gasteiger partial charge >= 0.3 is 6.09 Å². The van der Waals surface area contributed by atoms with Crippen molar-refractivity contribution in [3.8, 4) is 5.75 Å². The molecule has 0 aliphatic carbocycles. The van der Waals surface area contributed by atoms with Crippen LogP contribution in [-0.2, 0) is 11.3 Å². The molecule has 0 spiro atoms. The maximum atomic E-state index is 11.9. The average Bonchev–Trinajstić information content (AvgIpc) is 2.86. The predicted octanol–water partition coefficient (Wildman–Crippen LogP) is 3.98. The lowest BCUT2D eigenvalue weighted by atomic mass is 9.92. The third-order valence-electron chi connectivity index (χ3n) is 5.93. The molecule has 7 nitrogen and oxygen atoms in total. The van der Waals surface area contributed by atoms with Crippen molar-refractivity contribution in [3.05, 3.63) is 65.7 Å². The number of carbonyl (C=O) groups is 1. The van der Waals surface area contributed by atoms with Crippen LogP contribution in [0.5, 0.6) is 5.75 Å². The first kappa shape index (κ1) is 24.7. The van der Waals surface area contributed by atoms with Crippen LogP contribution in [0.2, 0.25) is 0 Å². The molecule has 3 rings (SSSR count). The van der Waals surface area contributed by atoms with Gasteiger partial charge < -0.3 is 25.2 Å². The summed E-state index contributed by atoms with van der Waals surface area (Å²) in [5.41, 5.74) is 7.48. The molecule has 7 heteroatoms. The van der Waals surface area contributed by atoms with Gasteiger partial charge in [-0.15, -0.1) is 0 Å². The molecule has 0 aromatic heterocycles. The van der Waals surface area contributed by atoms with E-state index in [1.54, 1.807) is 12.1 Å². The lowest BCUT2D eigenvalue weighted by Crippen LogP contribution is -2.35. The molecule has 33 heavy (non-hydrogen) atoms. The number of aliphatic imine (C=N–C) groups is 1. The molecular weight excluding hydrogens is 418 g/mol. The number of hydrogen-bond donors (Lipinski definition) is 2. The van der Waals surface area contributed by atoms with Gasteiger partial charge in [-0.25, -0.2) is 4.79 Å². The van der Waals surface area contributed by atoms with Crippen LogP contribution in [0.3, 0.4) is 0 Å². The summed E-state index contributed by atoms with van der Waals surface area (Å²) < 4.78 is 11.0. The normalized spacial score (nSPS) is 15.4. The molecule has 0 atom stereocenters. The molecule has 178 valence electrons. The molecule has 1 heterocycles. The van der Waals surface area contributed by atoms with Crippen molar-refractivity contribution in [2.24, 2.45) is 16.6 Å². The molecule has 1 saturated heterocycles. The van der Waals surface area contributed by atoms with Crippen molar-refractivity contribution in [1.82, 2.24) is 4.90 Å². The van der Waals surface area contributed by atoms with E-state index in [0.29, 0.717) is 18.8 Å². The Morgan fingerprint density at radius 2 is 1.79 bits per heavy atom. The summed E-state index contributed by atoms with van der Waals surface area (Å²) in [7, 11) is 0. The van der Waals surface area contributed by atoms with Gasteiger partial charge in [-0.1, -0.05) is 30.3 Å². The number of aliphatic hydroxyl groups is 1. The van der Waals surface area contributed by atoms with E-state index in [1.807, 2.05) is 42.5 Å². The number of amidine groups is 1. The Balaban J connectivity index is 1.34. The third-order valence-corrected chi connectivity index (χ3v) is 5.93. The topological polar surface area (TPSA) is 97.4 Å². The van der Waals surface area contributed by atoms with Crippen LogP contribution in [0.1, 0.15) is 43.2 Å². The first-order chi connectivity index (χ1) is 16.1. The van der Waals surface area contributed by atoms with E-state index in [0.717, 1.165) is 56.1 Å². The second-order valence-corrected chi connectivity index (χ2v) is 8.41. The Hall–Kier alpha value is -2.90. The standard InChI is InChI=1S/C26H35N3O4/c27-25(28-26(31)33-20-22-6-2-1-3-7-22)23-9-11-24(12-10-23)32-19-5-15-29-16-13-21(14-17-29)8-4-18-30/h1-3,6-7,9-12,21,30H,4-5,8,13-20H2,(H2,27,28,31). The maximum absolute atomic E-state index is 11.9. The predicted molar refractivity (Wildman–Crippen MR) is 129 cm³/mol. The van der Waals surface area contributed by atoms with E-state index < -0.39 is 6.09 Å². The number of hydrogen-bond acceptors (Lipinski definition) is 5. The van der Waals surface area contributed by atoms with Gasteiger partial charge in [-0.05, 0) is 80.9 Å². The zero-order valence-corrected chi connectivity index (χ0v) is 19.2. The minimum atomic E-state index is -0.714. The highest BCUT2D eigenvalue weighted by Gasteiger charge is 2.18. The summed E-state index contributed by atoms with van der Waals surface area (Å²) in [5.74, 6) is 1.65. The summed E-state index contributed by atoms with van der Waals surface area (Å²) in [6.07, 6.45) is 4.78. The van der Waals surface area contributed by atoms with E-state index in [1.165, 1.54) is 12.8 Å². The highest BCUT2D eigenvalue weighted by Crippen LogP contribution is 2.21. The van der Waals surface area contributed by atoms with Crippen LogP contribution in [0.25, 0.3) is 0 Å². The Bertz CT molecular complexity index is 863. The highest BCUT2D eigenvalue weighted by molar-refractivity contribution is 6.02. The van der Waals surface area contributed by atoms with Crippen molar-refractivity contribution < 1.29 is 19.4 Å². The molecule has 1 aliphatic heterocycles. The fraction of sp³-hybridized carbons (Fsp3) is 0.462. The molecule has 2 aromatic carbocycles. The van der Waals surface area contributed by atoms with E-state index in [4.69, 9.17) is 20.3 Å². The number of ether oxygens (including phenoxy) is 2. The summed E-state index contributed by atoms with van der Waals surface area (Å²) in [6, 6.07) is 16.7. The van der Waals surface area contributed by atoms with Crippen LogP contribution in [0.15, 0.2) is 59.6 Å². The highest BCUT2D eigenvalue weighted by atomic mass is 16.5. The minimum Gasteiger partial charge on any atom is -0.494 e. The number of rotatable bonds is 11. The van der Waals surface area contributed by atoms with Crippen molar-refractivity contribution in [2.75, 3.05) is 32.8 Å². The second-order valence-electron chi connectivity index (χ2n) is 8.41. The monoisotopic (exact) mass is 453 g/mol. The number of amides is 1. The number of benzene rings is 2. The van der Waals surface area contributed by atoms with Gasteiger partial charge in [-0.2, -0.15) is 4.99 Å². The molecule has 3 N–H and O–H groups in total. The van der Waals surface area contributed by atoms with Gasteiger partial charge in [0, 0.05) is 18.7 Å². The van der Waals surface area contributed by atoms with Gasteiger partial charge in [0.1, 0.15) is 18.2 Å². The SMILES string of the molecule is NC(=NC(=O)OCc1ccccc1)c1ccc(OCCCN2CCC(CCCO)CC2)cc1. The van der Waals surface area contributed by atoms with Gasteiger partial charge in [0.05, 0.1) is 6.61 Å². The molecule has 0 unspecified atom stereocenters. The van der Waals surface area contributed by atoms with Crippen LogP contribution < -0.4 is 10.5 Å². The maximum Gasteiger partial charge on any atom is 0.435 e. The molecule has 0 radical (unpaired) electrons. The number of carbonyl (C=O) groups excluding carboxylic acids is 1. The summed E-state index contributed by atoms with van der Waals surface area (Å²) in [4.78, 5) is 18.2. The largest absolute Gasteiger partial charge is 0.494 e.